The number of aromatic nitrogens is 4. The summed E-state index contributed by atoms with van der Waals surface area (Å²) < 4.78 is 12.1. The lowest BCUT2D eigenvalue weighted by molar-refractivity contribution is 0.386. The predicted molar refractivity (Wildman–Crippen MR) is 73.4 cm³/mol. The summed E-state index contributed by atoms with van der Waals surface area (Å²) in [7, 11) is 1.63. The molecule has 7 heteroatoms. The number of benzene rings is 1. The molecule has 104 valence electrons. The zero-order valence-electron chi connectivity index (χ0n) is 11.3. The van der Waals surface area contributed by atoms with Gasteiger partial charge in [-0.2, -0.15) is 4.98 Å². The predicted octanol–water partition coefficient (Wildman–Crippen LogP) is 1.56. The Morgan fingerprint density at radius 2 is 2.20 bits per heavy atom. The third kappa shape index (κ3) is 2.18. The first-order valence-corrected chi connectivity index (χ1v) is 6.26. The van der Waals surface area contributed by atoms with Crippen molar-refractivity contribution in [3.05, 3.63) is 29.9 Å². The minimum absolute atomic E-state index is 0.466. The third-order valence-electron chi connectivity index (χ3n) is 3.11. The highest BCUT2D eigenvalue weighted by molar-refractivity contribution is 5.79. The van der Waals surface area contributed by atoms with Crippen molar-refractivity contribution in [1.29, 1.82) is 0 Å². The van der Waals surface area contributed by atoms with E-state index in [9.17, 15) is 0 Å². The van der Waals surface area contributed by atoms with Gasteiger partial charge in [-0.15, -0.1) is 0 Å². The summed E-state index contributed by atoms with van der Waals surface area (Å²) in [5, 5.41) is 3.87. The lowest BCUT2D eigenvalue weighted by atomic mass is 10.3. The lowest BCUT2D eigenvalue weighted by Crippen LogP contribution is -2.06. The minimum atomic E-state index is 0.466. The quantitative estimate of drug-likeness (QED) is 0.775. The van der Waals surface area contributed by atoms with Gasteiger partial charge < -0.3 is 19.6 Å². The first-order valence-electron chi connectivity index (χ1n) is 6.26. The van der Waals surface area contributed by atoms with Crippen molar-refractivity contribution in [2.45, 2.75) is 19.9 Å². The molecule has 2 N–H and O–H groups in total. The molecule has 1 aromatic carbocycles. The Hall–Kier alpha value is -2.57. The Bertz CT molecular complexity index is 746. The Labute approximate surface area is 115 Å². The molecule has 2 aromatic heterocycles. The number of fused-ring (bicyclic) bond motifs is 1. The van der Waals surface area contributed by atoms with Crippen LogP contribution in [0.3, 0.4) is 0 Å². The molecular weight excluding hydrogens is 258 g/mol. The van der Waals surface area contributed by atoms with Gasteiger partial charge in [0.1, 0.15) is 5.75 Å². The van der Waals surface area contributed by atoms with Crippen LogP contribution in [0.4, 0.5) is 5.95 Å². The molecule has 7 nitrogen and oxygen atoms in total. The molecule has 3 rings (SSSR count). The van der Waals surface area contributed by atoms with Crippen molar-refractivity contribution in [2.75, 3.05) is 12.8 Å². The van der Waals surface area contributed by atoms with E-state index in [4.69, 9.17) is 15.0 Å². The number of rotatable bonds is 4. The van der Waals surface area contributed by atoms with Gasteiger partial charge in [0.15, 0.2) is 5.82 Å². The van der Waals surface area contributed by atoms with Crippen LogP contribution in [0.5, 0.6) is 5.75 Å². The van der Waals surface area contributed by atoms with E-state index < -0.39 is 0 Å². The van der Waals surface area contributed by atoms with E-state index >= 15 is 0 Å². The normalized spacial score (nSPS) is 11.1. The topological polar surface area (TPSA) is 92.0 Å². The summed E-state index contributed by atoms with van der Waals surface area (Å²) in [5.41, 5.74) is 7.73. The summed E-state index contributed by atoms with van der Waals surface area (Å²) >= 11 is 0. The standard InChI is InChI=1S/C13H15N5O2/c1-8-15-12(17-20-8)5-6-18-11-4-3-9(19-2)7-10(11)16-13(18)14/h3-4,7H,5-6H2,1-2H3,(H2,14,16). The summed E-state index contributed by atoms with van der Waals surface area (Å²) in [6, 6.07) is 5.69. The smallest absolute Gasteiger partial charge is 0.223 e. The molecule has 0 radical (unpaired) electrons. The number of ether oxygens (including phenoxy) is 1. The third-order valence-corrected chi connectivity index (χ3v) is 3.11. The number of nitrogens with two attached hydrogens (primary N) is 1. The molecule has 0 atom stereocenters. The van der Waals surface area contributed by atoms with E-state index in [1.165, 1.54) is 0 Å². The van der Waals surface area contributed by atoms with Gasteiger partial charge in [0.25, 0.3) is 0 Å². The highest BCUT2D eigenvalue weighted by Crippen LogP contribution is 2.23. The zero-order valence-corrected chi connectivity index (χ0v) is 11.3. The number of hydrogen-bond donors (Lipinski definition) is 1. The second kappa shape index (κ2) is 4.84. The van der Waals surface area contributed by atoms with Gasteiger partial charge in [-0.1, -0.05) is 5.16 Å². The second-order valence-corrected chi connectivity index (χ2v) is 4.46. The van der Waals surface area contributed by atoms with Crippen molar-refractivity contribution in [1.82, 2.24) is 19.7 Å². The summed E-state index contributed by atoms with van der Waals surface area (Å²) in [6.07, 6.45) is 0.638. The maximum absolute atomic E-state index is 5.96. The summed E-state index contributed by atoms with van der Waals surface area (Å²) in [4.78, 5) is 8.51. The van der Waals surface area contributed by atoms with Crippen LogP contribution in [0.2, 0.25) is 0 Å². The Morgan fingerprint density at radius 3 is 2.90 bits per heavy atom. The SMILES string of the molecule is COc1ccc2c(c1)nc(N)n2CCc1noc(C)n1. The molecule has 0 saturated carbocycles. The van der Waals surface area contributed by atoms with E-state index in [0.717, 1.165) is 16.8 Å². The van der Waals surface area contributed by atoms with E-state index in [2.05, 4.69) is 15.1 Å². The molecule has 0 amide bonds. The van der Waals surface area contributed by atoms with Crippen LogP contribution in [0.25, 0.3) is 11.0 Å². The number of aryl methyl sites for hydroxylation is 3. The number of anilines is 1. The number of methoxy groups -OCH3 is 1. The number of imidazole rings is 1. The van der Waals surface area contributed by atoms with Crippen molar-refractivity contribution >= 4 is 17.0 Å². The van der Waals surface area contributed by atoms with Gasteiger partial charge in [0.2, 0.25) is 11.8 Å². The fraction of sp³-hybridized carbons (Fsp3) is 0.308. The van der Waals surface area contributed by atoms with Crippen molar-refractivity contribution in [3.8, 4) is 5.75 Å². The van der Waals surface area contributed by atoms with Crippen molar-refractivity contribution in [3.63, 3.8) is 0 Å². The van der Waals surface area contributed by atoms with E-state index in [-0.39, 0.29) is 0 Å². The monoisotopic (exact) mass is 273 g/mol. The molecule has 0 aliphatic heterocycles. The second-order valence-electron chi connectivity index (χ2n) is 4.46. The van der Waals surface area contributed by atoms with Crippen LogP contribution in [-0.2, 0) is 13.0 Å². The fourth-order valence-electron chi connectivity index (χ4n) is 2.14. The average Bonchev–Trinajstić information content (AvgIpc) is 2.98. The van der Waals surface area contributed by atoms with Crippen molar-refractivity contribution in [2.24, 2.45) is 0 Å². The Kier molecular flexibility index (Phi) is 3.02. The van der Waals surface area contributed by atoms with E-state index in [0.29, 0.717) is 30.6 Å². The lowest BCUT2D eigenvalue weighted by Gasteiger charge is -2.04. The van der Waals surface area contributed by atoms with Crippen LogP contribution >= 0.6 is 0 Å². The van der Waals surface area contributed by atoms with Gasteiger partial charge >= 0.3 is 0 Å². The highest BCUT2D eigenvalue weighted by Gasteiger charge is 2.10. The number of nitrogens with zero attached hydrogens (tertiary/aromatic N) is 4. The van der Waals surface area contributed by atoms with Crippen LogP contribution in [0.1, 0.15) is 11.7 Å². The number of hydrogen-bond acceptors (Lipinski definition) is 6. The van der Waals surface area contributed by atoms with Crippen LogP contribution in [-0.4, -0.2) is 26.8 Å². The molecule has 0 spiro atoms. The van der Waals surface area contributed by atoms with E-state index in [1.807, 2.05) is 22.8 Å². The first kappa shape index (κ1) is 12.5. The molecule has 0 unspecified atom stereocenters. The average molecular weight is 273 g/mol. The van der Waals surface area contributed by atoms with Gasteiger partial charge in [-0.25, -0.2) is 4.98 Å². The van der Waals surface area contributed by atoms with E-state index in [1.54, 1.807) is 14.0 Å². The first-order chi connectivity index (χ1) is 9.67. The highest BCUT2D eigenvalue weighted by atomic mass is 16.5. The van der Waals surface area contributed by atoms with Gasteiger partial charge in [0, 0.05) is 26.0 Å². The molecule has 0 aliphatic rings. The molecule has 2 heterocycles. The summed E-state index contributed by atoms with van der Waals surface area (Å²) in [5.74, 6) is 2.45. The maximum Gasteiger partial charge on any atom is 0.223 e. The molecule has 0 bridgehead atoms. The molecule has 0 fully saturated rings. The van der Waals surface area contributed by atoms with Crippen molar-refractivity contribution < 1.29 is 9.26 Å². The molecule has 3 aromatic rings. The van der Waals surface area contributed by atoms with Gasteiger partial charge in [-0.3, -0.25) is 0 Å². The minimum Gasteiger partial charge on any atom is -0.497 e. The molecule has 0 aliphatic carbocycles. The Balaban J connectivity index is 1.89. The number of nitrogen functional groups attached to an aromatic ring is 1. The zero-order chi connectivity index (χ0) is 14.1. The van der Waals surface area contributed by atoms with Gasteiger partial charge in [-0.05, 0) is 12.1 Å². The largest absolute Gasteiger partial charge is 0.497 e. The van der Waals surface area contributed by atoms with Crippen LogP contribution in [0.15, 0.2) is 22.7 Å². The molecule has 0 saturated heterocycles. The van der Waals surface area contributed by atoms with Crippen LogP contribution in [0, 0.1) is 6.92 Å². The van der Waals surface area contributed by atoms with Gasteiger partial charge in [0.05, 0.1) is 18.1 Å². The van der Waals surface area contributed by atoms with Crippen LogP contribution < -0.4 is 10.5 Å². The summed E-state index contributed by atoms with van der Waals surface area (Å²) in [6.45, 7) is 2.41. The maximum atomic E-state index is 5.96. The fourth-order valence-corrected chi connectivity index (χ4v) is 2.14. The molecule has 20 heavy (non-hydrogen) atoms. The Morgan fingerprint density at radius 1 is 1.35 bits per heavy atom. The molecular formula is C13H15N5O2.